The first-order chi connectivity index (χ1) is 12.4. The normalized spacial score (nSPS) is 17.0. The van der Waals surface area contributed by atoms with E-state index in [1.165, 1.54) is 6.07 Å². The maximum atomic E-state index is 12.3. The molecule has 26 heavy (non-hydrogen) atoms. The number of amides is 1. The molecule has 1 aliphatic rings. The van der Waals surface area contributed by atoms with Gasteiger partial charge in [-0.2, -0.15) is 0 Å². The molecule has 0 radical (unpaired) electrons. The first-order valence-electron chi connectivity index (χ1n) is 8.63. The second kappa shape index (κ2) is 7.79. The smallest absolute Gasteiger partial charge is 0.337 e. The summed E-state index contributed by atoms with van der Waals surface area (Å²) in [6, 6.07) is 11.6. The Kier molecular flexibility index (Phi) is 5.47. The van der Waals surface area contributed by atoms with Crippen molar-refractivity contribution in [3.05, 3.63) is 58.6 Å². The summed E-state index contributed by atoms with van der Waals surface area (Å²) in [7, 11) is 0. The van der Waals surface area contributed by atoms with E-state index in [-0.39, 0.29) is 11.5 Å². The van der Waals surface area contributed by atoms with E-state index in [1.54, 1.807) is 36.4 Å². The highest BCUT2D eigenvalue weighted by Gasteiger charge is 2.22. The first-order valence-corrected chi connectivity index (χ1v) is 9.01. The van der Waals surface area contributed by atoms with Gasteiger partial charge in [0.1, 0.15) is 0 Å². The molecular formula is C20H21ClN2O3. The van der Waals surface area contributed by atoms with Crippen molar-refractivity contribution in [1.82, 2.24) is 0 Å². The maximum Gasteiger partial charge on any atom is 0.337 e. The fourth-order valence-corrected chi connectivity index (χ4v) is 3.40. The van der Waals surface area contributed by atoms with Gasteiger partial charge in [-0.15, -0.1) is 0 Å². The highest BCUT2D eigenvalue weighted by atomic mass is 35.5. The topological polar surface area (TPSA) is 69.6 Å². The molecule has 136 valence electrons. The lowest BCUT2D eigenvalue weighted by Gasteiger charge is -2.33. The lowest BCUT2D eigenvalue weighted by atomic mass is 9.98. The zero-order valence-electron chi connectivity index (χ0n) is 14.5. The second-order valence-corrected chi connectivity index (χ2v) is 7.13. The largest absolute Gasteiger partial charge is 0.478 e. The van der Waals surface area contributed by atoms with E-state index in [1.807, 2.05) is 0 Å². The lowest BCUT2D eigenvalue weighted by molar-refractivity contribution is 0.0697. The SMILES string of the molecule is C[C@@H]1CCCN(c2ccc(NC(=O)c3ccc(Cl)cc3)cc2C(=O)O)C1. The van der Waals surface area contributed by atoms with Crippen LogP contribution in [-0.4, -0.2) is 30.1 Å². The molecule has 1 atom stereocenters. The van der Waals surface area contributed by atoms with Gasteiger partial charge in [0.2, 0.25) is 0 Å². The summed E-state index contributed by atoms with van der Waals surface area (Å²) < 4.78 is 0. The average molecular weight is 373 g/mol. The van der Waals surface area contributed by atoms with Crippen LogP contribution < -0.4 is 10.2 Å². The third-order valence-corrected chi connectivity index (χ3v) is 4.84. The minimum absolute atomic E-state index is 0.202. The Morgan fingerprint density at radius 3 is 2.58 bits per heavy atom. The zero-order valence-corrected chi connectivity index (χ0v) is 15.3. The third kappa shape index (κ3) is 4.17. The van der Waals surface area contributed by atoms with Gasteiger partial charge in [0, 0.05) is 29.4 Å². The van der Waals surface area contributed by atoms with Gasteiger partial charge in [-0.3, -0.25) is 4.79 Å². The quantitative estimate of drug-likeness (QED) is 0.827. The molecular weight excluding hydrogens is 352 g/mol. The molecule has 1 heterocycles. The Balaban J connectivity index is 1.83. The molecule has 3 rings (SSSR count). The van der Waals surface area contributed by atoms with Crippen LogP contribution in [0.15, 0.2) is 42.5 Å². The molecule has 6 heteroatoms. The van der Waals surface area contributed by atoms with E-state index in [4.69, 9.17) is 11.6 Å². The molecule has 0 aliphatic carbocycles. The molecule has 1 amide bonds. The Bertz CT molecular complexity index is 820. The van der Waals surface area contributed by atoms with E-state index in [2.05, 4.69) is 17.1 Å². The van der Waals surface area contributed by atoms with Gasteiger partial charge in [0.15, 0.2) is 0 Å². The van der Waals surface area contributed by atoms with Crippen molar-refractivity contribution in [2.45, 2.75) is 19.8 Å². The number of carboxylic acids is 1. The lowest BCUT2D eigenvalue weighted by Crippen LogP contribution is -2.35. The van der Waals surface area contributed by atoms with Gasteiger partial charge in [0.25, 0.3) is 5.91 Å². The van der Waals surface area contributed by atoms with Crippen LogP contribution in [0.2, 0.25) is 5.02 Å². The summed E-state index contributed by atoms with van der Waals surface area (Å²) >= 11 is 5.83. The summed E-state index contributed by atoms with van der Waals surface area (Å²) in [4.78, 5) is 26.2. The van der Waals surface area contributed by atoms with Gasteiger partial charge in [0.05, 0.1) is 11.3 Å². The first kappa shape index (κ1) is 18.3. The number of benzene rings is 2. The summed E-state index contributed by atoms with van der Waals surface area (Å²) in [6.07, 6.45) is 2.21. The minimum atomic E-state index is -0.999. The number of piperidine rings is 1. The van der Waals surface area contributed by atoms with Gasteiger partial charge in [-0.1, -0.05) is 18.5 Å². The maximum absolute atomic E-state index is 12.3. The summed E-state index contributed by atoms with van der Waals surface area (Å²) in [5, 5.41) is 12.9. The number of hydrogen-bond donors (Lipinski definition) is 2. The predicted octanol–water partition coefficient (Wildman–Crippen LogP) is 4.53. The molecule has 0 spiro atoms. The summed E-state index contributed by atoms with van der Waals surface area (Å²) in [5.41, 5.74) is 1.82. The molecule has 5 nitrogen and oxygen atoms in total. The Morgan fingerprint density at radius 1 is 1.19 bits per heavy atom. The Morgan fingerprint density at radius 2 is 1.92 bits per heavy atom. The van der Waals surface area contributed by atoms with Crippen LogP contribution in [0.25, 0.3) is 0 Å². The second-order valence-electron chi connectivity index (χ2n) is 6.69. The zero-order chi connectivity index (χ0) is 18.7. The van der Waals surface area contributed by atoms with Crippen LogP contribution in [0.3, 0.4) is 0 Å². The van der Waals surface area contributed by atoms with Crippen molar-refractivity contribution in [2.24, 2.45) is 5.92 Å². The number of nitrogens with one attached hydrogen (secondary N) is 1. The Labute approximate surface area is 157 Å². The van der Waals surface area contributed by atoms with Gasteiger partial charge in [-0.05, 0) is 61.2 Å². The molecule has 2 aromatic rings. The molecule has 1 fully saturated rings. The number of anilines is 2. The molecule has 2 aromatic carbocycles. The number of nitrogens with zero attached hydrogens (tertiary/aromatic N) is 1. The van der Waals surface area contributed by atoms with Crippen molar-refractivity contribution < 1.29 is 14.7 Å². The van der Waals surface area contributed by atoms with Gasteiger partial charge in [-0.25, -0.2) is 4.79 Å². The van der Waals surface area contributed by atoms with Crippen LogP contribution in [0.4, 0.5) is 11.4 Å². The van der Waals surface area contributed by atoms with Crippen molar-refractivity contribution >= 4 is 34.9 Å². The summed E-state index contributed by atoms with van der Waals surface area (Å²) in [6.45, 7) is 3.87. The Hall–Kier alpha value is -2.53. The molecule has 1 aliphatic heterocycles. The molecule has 0 bridgehead atoms. The predicted molar refractivity (Wildman–Crippen MR) is 103 cm³/mol. The van der Waals surface area contributed by atoms with Crippen molar-refractivity contribution in [1.29, 1.82) is 0 Å². The average Bonchev–Trinajstić information content (AvgIpc) is 2.62. The molecule has 1 saturated heterocycles. The number of carbonyl (C=O) groups is 2. The molecule has 0 aromatic heterocycles. The molecule has 0 saturated carbocycles. The van der Waals surface area contributed by atoms with Crippen LogP contribution in [-0.2, 0) is 0 Å². The van der Waals surface area contributed by atoms with Crippen molar-refractivity contribution in [3.8, 4) is 0 Å². The number of rotatable bonds is 4. The molecule has 2 N–H and O–H groups in total. The van der Waals surface area contributed by atoms with E-state index in [0.717, 1.165) is 25.9 Å². The van der Waals surface area contributed by atoms with E-state index >= 15 is 0 Å². The third-order valence-electron chi connectivity index (χ3n) is 4.59. The highest BCUT2D eigenvalue weighted by molar-refractivity contribution is 6.30. The number of halogens is 1. The van der Waals surface area contributed by atoms with E-state index in [0.29, 0.717) is 27.9 Å². The minimum Gasteiger partial charge on any atom is -0.478 e. The fraction of sp³-hybridized carbons (Fsp3) is 0.300. The van der Waals surface area contributed by atoms with Crippen LogP contribution >= 0.6 is 11.6 Å². The molecule has 0 unspecified atom stereocenters. The van der Waals surface area contributed by atoms with Crippen LogP contribution in [0.1, 0.15) is 40.5 Å². The van der Waals surface area contributed by atoms with Crippen molar-refractivity contribution in [3.63, 3.8) is 0 Å². The van der Waals surface area contributed by atoms with Crippen LogP contribution in [0, 0.1) is 5.92 Å². The number of hydrogen-bond acceptors (Lipinski definition) is 3. The number of aromatic carboxylic acids is 1. The number of carboxylic acid groups (broad SMARTS) is 1. The summed E-state index contributed by atoms with van der Waals surface area (Å²) in [5.74, 6) is -0.771. The standard InChI is InChI=1S/C20H21ClN2O3/c1-13-3-2-10-23(12-13)18-9-8-16(11-17(18)20(25)26)22-19(24)14-4-6-15(21)7-5-14/h4-9,11,13H,2-3,10,12H2,1H3,(H,22,24)(H,25,26)/t13-/m1/s1. The highest BCUT2D eigenvalue weighted by Crippen LogP contribution is 2.29. The van der Waals surface area contributed by atoms with Gasteiger partial charge >= 0.3 is 5.97 Å². The van der Waals surface area contributed by atoms with Crippen LogP contribution in [0.5, 0.6) is 0 Å². The van der Waals surface area contributed by atoms with E-state index in [9.17, 15) is 14.7 Å². The fourth-order valence-electron chi connectivity index (χ4n) is 3.27. The van der Waals surface area contributed by atoms with Crippen molar-refractivity contribution in [2.75, 3.05) is 23.3 Å². The van der Waals surface area contributed by atoms with Gasteiger partial charge < -0.3 is 15.3 Å². The number of carbonyl (C=O) groups excluding carboxylic acids is 1. The monoisotopic (exact) mass is 372 g/mol. The van der Waals surface area contributed by atoms with E-state index < -0.39 is 5.97 Å².